The quantitative estimate of drug-likeness (QED) is 0.314. The minimum atomic E-state index is -1.16. The van der Waals surface area contributed by atoms with Gasteiger partial charge in [0, 0.05) is 5.57 Å². The fourth-order valence-electron chi connectivity index (χ4n) is 0.924. The van der Waals surface area contributed by atoms with Crippen molar-refractivity contribution in [1.29, 1.82) is 0 Å². The van der Waals surface area contributed by atoms with Gasteiger partial charge in [-0.2, -0.15) is 0 Å². The number of esters is 1. The van der Waals surface area contributed by atoms with E-state index in [0.717, 1.165) is 18.4 Å². The summed E-state index contributed by atoms with van der Waals surface area (Å²) in [5, 5.41) is 17.1. The normalized spacial score (nSPS) is 12.3. The Morgan fingerprint density at radius 2 is 1.89 bits per heavy atom. The molecule has 0 rings (SSSR count). The Kier molecular flexibility index (Phi) is 7.29. The SMILES string of the molecule is C=CC=C(C=C(C)C(=O)O)C(=O)OC=CCC(=O)O. The molecule has 2 N–H and O–H groups in total. The summed E-state index contributed by atoms with van der Waals surface area (Å²) in [6.07, 6.45) is 5.55. The van der Waals surface area contributed by atoms with Gasteiger partial charge in [-0.3, -0.25) is 4.79 Å². The zero-order valence-electron chi connectivity index (χ0n) is 10.3. The molecule has 0 unspecified atom stereocenters. The summed E-state index contributed by atoms with van der Waals surface area (Å²) < 4.78 is 4.65. The van der Waals surface area contributed by atoms with Gasteiger partial charge in [0.05, 0.1) is 18.3 Å². The number of rotatable bonds is 7. The average Bonchev–Trinajstić information content (AvgIpc) is 2.33. The molecule has 0 aliphatic heterocycles. The van der Waals surface area contributed by atoms with Crippen LogP contribution < -0.4 is 0 Å². The van der Waals surface area contributed by atoms with Gasteiger partial charge in [0.15, 0.2) is 0 Å². The monoisotopic (exact) mass is 266 g/mol. The molecule has 0 saturated carbocycles. The molecule has 0 saturated heterocycles. The number of ether oxygens (including phenoxy) is 1. The number of carboxylic acids is 2. The maximum absolute atomic E-state index is 11.6. The molecule has 0 aromatic carbocycles. The Bertz CT molecular complexity index is 468. The Balaban J connectivity index is 4.79. The predicted molar refractivity (Wildman–Crippen MR) is 67.2 cm³/mol. The van der Waals surface area contributed by atoms with E-state index >= 15 is 0 Å². The highest BCUT2D eigenvalue weighted by Crippen LogP contribution is 2.06. The molecule has 0 aromatic heterocycles. The van der Waals surface area contributed by atoms with Gasteiger partial charge in [0.25, 0.3) is 0 Å². The van der Waals surface area contributed by atoms with Gasteiger partial charge in [-0.05, 0) is 25.2 Å². The fourth-order valence-corrected chi connectivity index (χ4v) is 0.924. The lowest BCUT2D eigenvalue weighted by Gasteiger charge is -2.00. The third-order valence-electron chi connectivity index (χ3n) is 1.81. The summed E-state index contributed by atoms with van der Waals surface area (Å²) in [5.74, 6) is -3.03. The van der Waals surface area contributed by atoms with Gasteiger partial charge in [0.1, 0.15) is 0 Å². The summed E-state index contributed by atoms with van der Waals surface area (Å²) in [7, 11) is 0. The third kappa shape index (κ3) is 7.32. The van der Waals surface area contributed by atoms with Crippen molar-refractivity contribution in [3.8, 4) is 0 Å². The number of hydrogen-bond acceptors (Lipinski definition) is 4. The van der Waals surface area contributed by atoms with E-state index in [1.165, 1.54) is 19.1 Å². The van der Waals surface area contributed by atoms with E-state index in [1.807, 2.05) is 0 Å². The van der Waals surface area contributed by atoms with E-state index in [2.05, 4.69) is 11.3 Å². The topological polar surface area (TPSA) is 101 Å². The van der Waals surface area contributed by atoms with Crippen LogP contribution in [0.25, 0.3) is 0 Å². The molecule has 6 heteroatoms. The molecule has 0 radical (unpaired) electrons. The fraction of sp³-hybridized carbons (Fsp3) is 0.154. The summed E-state index contributed by atoms with van der Waals surface area (Å²) in [4.78, 5) is 32.4. The molecule has 0 aliphatic rings. The molecule has 0 heterocycles. The largest absolute Gasteiger partial charge is 0.481 e. The Labute approximate surface area is 110 Å². The Hall–Kier alpha value is -2.63. The van der Waals surface area contributed by atoms with Crippen molar-refractivity contribution in [2.24, 2.45) is 0 Å². The minimum absolute atomic E-state index is 0.00475. The second-order valence-corrected chi connectivity index (χ2v) is 3.37. The van der Waals surface area contributed by atoms with E-state index < -0.39 is 17.9 Å². The highest BCUT2D eigenvalue weighted by molar-refractivity contribution is 5.96. The van der Waals surface area contributed by atoms with E-state index in [9.17, 15) is 14.4 Å². The van der Waals surface area contributed by atoms with E-state index in [-0.39, 0.29) is 17.6 Å². The van der Waals surface area contributed by atoms with Gasteiger partial charge in [-0.25, -0.2) is 9.59 Å². The van der Waals surface area contributed by atoms with Crippen molar-refractivity contribution in [2.75, 3.05) is 0 Å². The molecule has 6 nitrogen and oxygen atoms in total. The zero-order valence-corrected chi connectivity index (χ0v) is 10.3. The second-order valence-electron chi connectivity index (χ2n) is 3.37. The van der Waals surface area contributed by atoms with Crippen LogP contribution in [0, 0.1) is 0 Å². The third-order valence-corrected chi connectivity index (χ3v) is 1.81. The predicted octanol–water partition coefficient (Wildman–Crippen LogP) is 1.66. The second kappa shape index (κ2) is 8.46. The summed E-state index contributed by atoms with van der Waals surface area (Å²) >= 11 is 0. The number of aliphatic carboxylic acids is 2. The van der Waals surface area contributed by atoms with E-state index in [0.29, 0.717) is 0 Å². The lowest BCUT2D eigenvalue weighted by Crippen LogP contribution is -2.05. The average molecular weight is 266 g/mol. The molecular formula is C13H14O6. The van der Waals surface area contributed by atoms with Crippen LogP contribution in [0.4, 0.5) is 0 Å². The van der Waals surface area contributed by atoms with Gasteiger partial charge in [0.2, 0.25) is 0 Å². The molecule has 0 atom stereocenters. The lowest BCUT2D eigenvalue weighted by molar-refractivity contribution is -0.137. The van der Waals surface area contributed by atoms with Crippen molar-refractivity contribution in [2.45, 2.75) is 13.3 Å². The molecule has 0 fully saturated rings. The maximum Gasteiger partial charge on any atom is 0.342 e. The summed E-state index contributed by atoms with van der Waals surface area (Å²) in [6, 6.07) is 0. The zero-order chi connectivity index (χ0) is 14.8. The summed E-state index contributed by atoms with van der Waals surface area (Å²) in [5.41, 5.74) is -0.0468. The molecule has 0 aromatic rings. The molecule has 102 valence electrons. The number of hydrogen-bond donors (Lipinski definition) is 2. The van der Waals surface area contributed by atoms with Gasteiger partial charge >= 0.3 is 17.9 Å². The molecule has 0 bridgehead atoms. The van der Waals surface area contributed by atoms with Crippen LogP contribution in [0.2, 0.25) is 0 Å². The summed E-state index contributed by atoms with van der Waals surface area (Å²) in [6.45, 7) is 4.72. The van der Waals surface area contributed by atoms with Crippen LogP contribution in [-0.2, 0) is 19.1 Å². The van der Waals surface area contributed by atoms with Crippen LogP contribution in [0.1, 0.15) is 13.3 Å². The highest BCUT2D eigenvalue weighted by Gasteiger charge is 2.09. The van der Waals surface area contributed by atoms with Crippen molar-refractivity contribution in [3.05, 3.63) is 48.3 Å². The van der Waals surface area contributed by atoms with Crippen molar-refractivity contribution in [1.82, 2.24) is 0 Å². The molecule has 19 heavy (non-hydrogen) atoms. The van der Waals surface area contributed by atoms with Gasteiger partial charge in [-0.15, -0.1) is 0 Å². The van der Waals surface area contributed by atoms with Crippen LogP contribution in [0.15, 0.2) is 48.3 Å². The molecule has 0 spiro atoms. The number of carboxylic acid groups (broad SMARTS) is 2. The standard InChI is InChI=1S/C13H14O6/c1-3-5-10(8-9(2)12(16)17)13(18)19-7-4-6-11(14)15/h3-5,7-8H,1,6H2,2H3,(H,14,15)(H,16,17). The van der Waals surface area contributed by atoms with Crippen molar-refractivity contribution in [3.63, 3.8) is 0 Å². The van der Waals surface area contributed by atoms with Gasteiger partial charge < -0.3 is 14.9 Å². The molecular weight excluding hydrogens is 252 g/mol. The van der Waals surface area contributed by atoms with Gasteiger partial charge in [-0.1, -0.05) is 12.7 Å². The maximum atomic E-state index is 11.6. The minimum Gasteiger partial charge on any atom is -0.481 e. The molecule has 0 aliphatic carbocycles. The van der Waals surface area contributed by atoms with Crippen LogP contribution in [0.3, 0.4) is 0 Å². The Morgan fingerprint density at radius 1 is 1.26 bits per heavy atom. The first-order valence-corrected chi connectivity index (χ1v) is 5.20. The number of carbonyl (C=O) groups is 3. The Morgan fingerprint density at radius 3 is 2.37 bits per heavy atom. The number of allylic oxidation sites excluding steroid dienone is 2. The lowest BCUT2D eigenvalue weighted by atomic mass is 10.1. The highest BCUT2D eigenvalue weighted by atomic mass is 16.5. The first kappa shape index (κ1) is 16.4. The first-order chi connectivity index (χ1) is 8.88. The van der Waals surface area contributed by atoms with Crippen molar-refractivity contribution < 1.29 is 29.3 Å². The van der Waals surface area contributed by atoms with Crippen molar-refractivity contribution >= 4 is 17.9 Å². The van der Waals surface area contributed by atoms with Crippen LogP contribution >= 0.6 is 0 Å². The molecule has 0 amide bonds. The first-order valence-electron chi connectivity index (χ1n) is 5.20. The smallest absolute Gasteiger partial charge is 0.342 e. The van der Waals surface area contributed by atoms with Crippen LogP contribution in [0.5, 0.6) is 0 Å². The number of carbonyl (C=O) groups excluding carboxylic acids is 1. The van der Waals surface area contributed by atoms with E-state index in [1.54, 1.807) is 0 Å². The van der Waals surface area contributed by atoms with Crippen LogP contribution in [-0.4, -0.2) is 28.1 Å². The van der Waals surface area contributed by atoms with E-state index in [4.69, 9.17) is 10.2 Å².